The summed E-state index contributed by atoms with van der Waals surface area (Å²) in [5.74, 6) is 0. The first-order valence-corrected chi connectivity index (χ1v) is 0. The summed E-state index contributed by atoms with van der Waals surface area (Å²) in [7, 11) is 0. The van der Waals surface area contributed by atoms with Crippen LogP contribution in [0.1, 0.15) is 0 Å². The van der Waals surface area contributed by atoms with E-state index >= 15 is 0 Å². The SMILES string of the molecule is [Cu].[Cu].[Mo].[Mo].[S]. The van der Waals surface area contributed by atoms with Crippen molar-refractivity contribution in [1.29, 1.82) is 0 Å². The quantitative estimate of drug-likeness (QED) is 0.562. The molecular weight excluding hydrogens is 351 g/mol. The minimum atomic E-state index is 0. The van der Waals surface area contributed by atoms with Gasteiger partial charge in [0.2, 0.25) is 0 Å². The third-order valence-electron chi connectivity index (χ3n) is 0. The maximum atomic E-state index is 0. The Hall–Kier alpha value is 2.77. The Morgan fingerprint density at radius 1 is 0.600 bits per heavy atom. The average Bonchev–Trinajstić information content (AvgIpc) is 0. The van der Waals surface area contributed by atoms with Gasteiger partial charge in [-0.25, -0.2) is 0 Å². The normalized spacial score (nSPS) is 0. The van der Waals surface area contributed by atoms with E-state index in [-0.39, 0.29) is 89.8 Å². The molecule has 0 aliphatic carbocycles. The van der Waals surface area contributed by atoms with Crippen LogP contribution in [0.15, 0.2) is 0 Å². The molecule has 0 fully saturated rings. The predicted molar refractivity (Wildman–Crippen MR) is 7.59 cm³/mol. The maximum Gasteiger partial charge on any atom is 0 e. The molecule has 0 unspecified atom stereocenters. The standard InChI is InChI=1S/2Cu.2Mo.S. The molecule has 0 N–H and O–H groups in total. The van der Waals surface area contributed by atoms with E-state index in [2.05, 4.69) is 0 Å². The van der Waals surface area contributed by atoms with E-state index in [0.717, 1.165) is 0 Å². The van der Waals surface area contributed by atoms with Crippen LogP contribution in [-0.2, 0) is 76.3 Å². The van der Waals surface area contributed by atoms with Gasteiger partial charge in [0.25, 0.3) is 0 Å². The Labute approximate surface area is 88.5 Å². The number of rotatable bonds is 0. The molecule has 0 aromatic carbocycles. The molecule has 0 heterocycles. The summed E-state index contributed by atoms with van der Waals surface area (Å²) in [5.41, 5.74) is 0. The molecule has 0 atom stereocenters. The smallest absolute Gasteiger partial charge is 0 e. The van der Waals surface area contributed by atoms with Crippen molar-refractivity contribution in [3.63, 3.8) is 0 Å². The van der Waals surface area contributed by atoms with Crippen LogP contribution in [0.3, 0.4) is 0 Å². The molecule has 0 spiro atoms. The first-order valence-electron chi connectivity index (χ1n) is 0. The Morgan fingerprint density at radius 3 is 0.600 bits per heavy atom. The predicted octanol–water partition coefficient (Wildman–Crippen LogP) is 0.638. The van der Waals surface area contributed by atoms with Gasteiger partial charge in [0.05, 0.1) is 0 Å². The van der Waals surface area contributed by atoms with Gasteiger partial charge in [-0.3, -0.25) is 0 Å². The van der Waals surface area contributed by atoms with Gasteiger partial charge in [-0.15, -0.1) is 0 Å². The summed E-state index contributed by atoms with van der Waals surface area (Å²) in [6.45, 7) is 0. The van der Waals surface area contributed by atoms with Crippen LogP contribution in [-0.4, -0.2) is 0 Å². The Balaban J connectivity index is 0. The van der Waals surface area contributed by atoms with E-state index in [9.17, 15) is 0 Å². The van der Waals surface area contributed by atoms with E-state index in [1.54, 1.807) is 0 Å². The summed E-state index contributed by atoms with van der Waals surface area (Å²) in [4.78, 5) is 0. The second-order valence-electron chi connectivity index (χ2n) is 0. The molecular formula is Cu2Mo2S. The van der Waals surface area contributed by atoms with Crippen LogP contribution in [0.2, 0.25) is 0 Å². The maximum absolute atomic E-state index is 0. The van der Waals surface area contributed by atoms with Gasteiger partial charge in [-0.1, -0.05) is 0 Å². The molecule has 0 saturated heterocycles. The summed E-state index contributed by atoms with van der Waals surface area (Å²) in [6, 6.07) is 0. The van der Waals surface area contributed by atoms with Crippen LogP contribution < -0.4 is 0 Å². The summed E-state index contributed by atoms with van der Waals surface area (Å²) in [5, 5.41) is 0. The zero-order valence-corrected chi connectivity index (χ0v) is 8.54. The van der Waals surface area contributed by atoms with Crippen molar-refractivity contribution in [1.82, 2.24) is 0 Å². The van der Waals surface area contributed by atoms with Gasteiger partial charge >= 0.3 is 0 Å². The van der Waals surface area contributed by atoms with Crippen molar-refractivity contribution in [3.8, 4) is 0 Å². The fourth-order valence-corrected chi connectivity index (χ4v) is 0. The summed E-state index contributed by atoms with van der Waals surface area (Å²) in [6.07, 6.45) is 0. The van der Waals surface area contributed by atoms with Gasteiger partial charge < -0.3 is 0 Å². The molecule has 0 aromatic heterocycles. The number of hydrogen-bond donors (Lipinski definition) is 0. The van der Waals surface area contributed by atoms with Gasteiger partial charge in [-0.05, 0) is 0 Å². The van der Waals surface area contributed by atoms with Gasteiger partial charge in [0.1, 0.15) is 0 Å². The van der Waals surface area contributed by atoms with Crippen molar-refractivity contribution in [2.75, 3.05) is 0 Å². The van der Waals surface area contributed by atoms with Crippen LogP contribution in [0.5, 0.6) is 0 Å². The number of hydrogen-bond acceptors (Lipinski definition) is 0. The van der Waals surface area contributed by atoms with Gasteiger partial charge in [0, 0.05) is 89.8 Å². The molecule has 0 bridgehead atoms. The molecule has 0 nitrogen and oxygen atoms in total. The molecule has 0 aliphatic rings. The van der Waals surface area contributed by atoms with Crippen molar-refractivity contribution < 1.29 is 76.3 Å². The second kappa shape index (κ2) is 29.4. The van der Waals surface area contributed by atoms with Crippen molar-refractivity contribution >= 4 is 13.5 Å². The molecule has 40 valence electrons. The van der Waals surface area contributed by atoms with E-state index in [1.165, 1.54) is 0 Å². The van der Waals surface area contributed by atoms with Crippen LogP contribution in [0, 0.1) is 0 Å². The molecule has 4 radical (unpaired) electrons. The van der Waals surface area contributed by atoms with E-state index in [0.29, 0.717) is 0 Å². The summed E-state index contributed by atoms with van der Waals surface area (Å²) < 4.78 is 0. The topological polar surface area (TPSA) is 0 Å². The van der Waals surface area contributed by atoms with Crippen LogP contribution in [0.25, 0.3) is 0 Å². The monoisotopic (exact) mass is 354 g/mol. The molecule has 0 aromatic rings. The third-order valence-corrected chi connectivity index (χ3v) is 0. The van der Waals surface area contributed by atoms with Crippen LogP contribution >= 0.6 is 13.5 Å². The summed E-state index contributed by atoms with van der Waals surface area (Å²) >= 11 is 0. The van der Waals surface area contributed by atoms with Gasteiger partial charge in [-0.2, -0.15) is 0 Å². The minimum absolute atomic E-state index is 0. The Morgan fingerprint density at radius 2 is 0.600 bits per heavy atom. The fourth-order valence-electron chi connectivity index (χ4n) is 0. The third kappa shape index (κ3) is 20.1. The molecule has 5 heteroatoms. The van der Waals surface area contributed by atoms with Crippen LogP contribution in [0.4, 0.5) is 0 Å². The molecule has 0 rings (SSSR count). The van der Waals surface area contributed by atoms with E-state index < -0.39 is 0 Å². The molecule has 5 heavy (non-hydrogen) atoms. The largest absolute Gasteiger partial charge is 0 e. The average molecular weight is 351 g/mol. The second-order valence-corrected chi connectivity index (χ2v) is 0. The zero-order valence-electron chi connectivity index (χ0n) is 1.83. The first-order chi connectivity index (χ1) is 0. The van der Waals surface area contributed by atoms with E-state index in [4.69, 9.17) is 0 Å². The minimum Gasteiger partial charge on any atom is 0 e. The molecule has 0 saturated carbocycles. The van der Waals surface area contributed by atoms with Crippen molar-refractivity contribution in [2.24, 2.45) is 0 Å². The van der Waals surface area contributed by atoms with Gasteiger partial charge in [0.15, 0.2) is 0 Å². The Bertz CT molecular complexity index is 7.61. The zero-order chi connectivity index (χ0) is 0. The Kier molecular flexibility index (Phi) is 273. The molecule has 0 aliphatic heterocycles. The molecule has 0 amide bonds. The first kappa shape index (κ1) is 46.5. The van der Waals surface area contributed by atoms with E-state index in [1.807, 2.05) is 0 Å². The fraction of sp³-hybridized carbons (Fsp3) is 0. The van der Waals surface area contributed by atoms with Crippen molar-refractivity contribution in [2.45, 2.75) is 0 Å². The van der Waals surface area contributed by atoms with Crippen molar-refractivity contribution in [3.05, 3.63) is 0 Å².